The van der Waals surface area contributed by atoms with Crippen molar-refractivity contribution in [3.05, 3.63) is 42.0 Å². The molecule has 0 saturated heterocycles. The first-order valence-corrected chi connectivity index (χ1v) is 5.29. The molecule has 0 saturated carbocycles. The van der Waals surface area contributed by atoms with Gasteiger partial charge in [0.15, 0.2) is 0 Å². The average molecular weight is 255 g/mol. The van der Waals surface area contributed by atoms with Gasteiger partial charge in [-0.15, -0.1) is 0 Å². The second-order valence-corrected chi connectivity index (χ2v) is 3.47. The van der Waals surface area contributed by atoms with Crippen LogP contribution in [0.15, 0.2) is 36.4 Å². The topological polar surface area (TPSA) is 26.3 Å². The van der Waals surface area contributed by atoms with Crippen LogP contribution in [-0.2, 0) is 10.1 Å². The molecule has 0 amide bonds. The zero-order valence-electron chi connectivity index (χ0n) is 7.92. The maximum Gasteiger partial charge on any atom is 0.338 e. The predicted octanol–water partition coefficient (Wildman–Crippen LogP) is 3.06. The molecule has 0 N–H and O–H groups in total. The Hall–Kier alpha value is -1.09. The minimum atomic E-state index is -0.390. The highest BCUT2D eigenvalue weighted by Crippen LogP contribution is 2.21. The van der Waals surface area contributed by atoms with Gasteiger partial charge in [-0.2, -0.15) is 0 Å². The molecule has 0 aliphatic rings. The van der Waals surface area contributed by atoms with E-state index < -0.39 is 5.97 Å². The standard InChI is InChI=1S/C11H11BrO2/c1-8(2)11(13)14-10-6-4-3-5-9(10)7-12/h3-6H,1,7H2,2H3. The SMILES string of the molecule is C=C(C)C(=O)Oc1ccccc1CBr. The fourth-order valence-corrected chi connectivity index (χ4v) is 1.36. The first-order valence-electron chi connectivity index (χ1n) is 4.16. The van der Waals surface area contributed by atoms with E-state index in [-0.39, 0.29) is 0 Å². The van der Waals surface area contributed by atoms with E-state index in [4.69, 9.17) is 4.74 Å². The number of halogens is 1. The van der Waals surface area contributed by atoms with Crippen LogP contribution in [0, 0.1) is 0 Å². The van der Waals surface area contributed by atoms with Crippen molar-refractivity contribution >= 4 is 21.9 Å². The van der Waals surface area contributed by atoms with Crippen molar-refractivity contribution in [1.82, 2.24) is 0 Å². The third kappa shape index (κ3) is 2.70. The zero-order valence-corrected chi connectivity index (χ0v) is 9.50. The number of hydrogen-bond donors (Lipinski definition) is 0. The Morgan fingerprint density at radius 3 is 2.71 bits per heavy atom. The van der Waals surface area contributed by atoms with Crippen LogP contribution in [0.3, 0.4) is 0 Å². The van der Waals surface area contributed by atoms with Gasteiger partial charge in [-0.25, -0.2) is 4.79 Å². The van der Waals surface area contributed by atoms with E-state index in [9.17, 15) is 4.79 Å². The molecule has 0 aliphatic carbocycles. The largest absolute Gasteiger partial charge is 0.423 e. The summed E-state index contributed by atoms with van der Waals surface area (Å²) in [6, 6.07) is 7.38. The summed E-state index contributed by atoms with van der Waals surface area (Å²) >= 11 is 3.32. The summed E-state index contributed by atoms with van der Waals surface area (Å²) in [5.74, 6) is 0.191. The fraction of sp³-hybridized carbons (Fsp3) is 0.182. The van der Waals surface area contributed by atoms with Gasteiger partial charge in [-0.05, 0) is 13.0 Å². The van der Waals surface area contributed by atoms with Gasteiger partial charge in [-0.3, -0.25) is 0 Å². The zero-order chi connectivity index (χ0) is 10.6. The highest BCUT2D eigenvalue weighted by atomic mass is 79.9. The van der Waals surface area contributed by atoms with Gasteiger partial charge >= 0.3 is 5.97 Å². The second-order valence-electron chi connectivity index (χ2n) is 2.91. The van der Waals surface area contributed by atoms with Crippen molar-refractivity contribution in [3.8, 4) is 5.75 Å². The summed E-state index contributed by atoms with van der Waals surface area (Å²) in [4.78, 5) is 11.2. The van der Waals surface area contributed by atoms with Crippen LogP contribution >= 0.6 is 15.9 Å². The Balaban J connectivity index is 2.85. The Morgan fingerprint density at radius 1 is 1.50 bits per heavy atom. The third-order valence-electron chi connectivity index (χ3n) is 1.67. The molecule has 0 radical (unpaired) electrons. The number of benzene rings is 1. The Labute approximate surface area is 91.7 Å². The molecule has 0 bridgehead atoms. The minimum absolute atomic E-state index is 0.390. The lowest BCUT2D eigenvalue weighted by atomic mass is 10.2. The lowest BCUT2D eigenvalue weighted by molar-refractivity contribution is -0.130. The number of para-hydroxylation sites is 1. The Kier molecular flexibility index (Phi) is 3.89. The van der Waals surface area contributed by atoms with Crippen LogP contribution < -0.4 is 4.74 Å². The van der Waals surface area contributed by atoms with E-state index in [1.807, 2.05) is 18.2 Å². The van der Waals surface area contributed by atoms with Crippen LogP contribution in [0.4, 0.5) is 0 Å². The molecule has 0 unspecified atom stereocenters. The number of carbonyl (C=O) groups excluding carboxylic acids is 1. The van der Waals surface area contributed by atoms with Crippen LogP contribution in [-0.4, -0.2) is 5.97 Å². The fourth-order valence-electron chi connectivity index (χ4n) is 0.901. The highest BCUT2D eigenvalue weighted by molar-refractivity contribution is 9.08. The van der Waals surface area contributed by atoms with Crippen LogP contribution in [0.2, 0.25) is 0 Å². The van der Waals surface area contributed by atoms with Gasteiger partial charge in [0.25, 0.3) is 0 Å². The van der Waals surface area contributed by atoms with Crippen molar-refractivity contribution in [2.24, 2.45) is 0 Å². The summed E-state index contributed by atoms with van der Waals surface area (Å²) in [5.41, 5.74) is 1.34. The molecule has 2 nitrogen and oxygen atoms in total. The smallest absolute Gasteiger partial charge is 0.338 e. The van der Waals surface area contributed by atoms with E-state index in [0.717, 1.165) is 5.56 Å². The summed E-state index contributed by atoms with van der Waals surface area (Å²) in [5, 5.41) is 0.659. The van der Waals surface area contributed by atoms with Crippen molar-refractivity contribution in [2.45, 2.75) is 12.3 Å². The van der Waals surface area contributed by atoms with E-state index >= 15 is 0 Å². The monoisotopic (exact) mass is 254 g/mol. The van der Waals surface area contributed by atoms with E-state index in [0.29, 0.717) is 16.7 Å². The molecule has 3 heteroatoms. The molecule has 1 aromatic carbocycles. The molecule has 0 spiro atoms. The number of carbonyl (C=O) groups is 1. The number of alkyl halides is 1. The van der Waals surface area contributed by atoms with Crippen LogP contribution in [0.5, 0.6) is 5.75 Å². The maximum absolute atomic E-state index is 11.2. The summed E-state index contributed by atoms with van der Waals surface area (Å²) < 4.78 is 5.13. The van der Waals surface area contributed by atoms with Crippen molar-refractivity contribution in [3.63, 3.8) is 0 Å². The molecule has 0 aromatic heterocycles. The lowest BCUT2D eigenvalue weighted by Gasteiger charge is -2.07. The number of esters is 1. The highest BCUT2D eigenvalue weighted by Gasteiger charge is 2.07. The molecular formula is C11H11BrO2. The van der Waals surface area contributed by atoms with Crippen LogP contribution in [0.25, 0.3) is 0 Å². The normalized spacial score (nSPS) is 9.57. The average Bonchev–Trinajstić information content (AvgIpc) is 2.18. The van der Waals surface area contributed by atoms with Gasteiger partial charge in [0.2, 0.25) is 0 Å². The molecule has 1 rings (SSSR count). The number of rotatable bonds is 3. The summed E-state index contributed by atoms with van der Waals surface area (Å²) in [6.07, 6.45) is 0. The number of ether oxygens (including phenoxy) is 1. The minimum Gasteiger partial charge on any atom is -0.423 e. The Morgan fingerprint density at radius 2 is 2.14 bits per heavy atom. The predicted molar refractivity (Wildman–Crippen MR) is 59.5 cm³/mol. The van der Waals surface area contributed by atoms with Crippen molar-refractivity contribution < 1.29 is 9.53 Å². The van der Waals surface area contributed by atoms with E-state index in [2.05, 4.69) is 22.5 Å². The van der Waals surface area contributed by atoms with Crippen LogP contribution in [0.1, 0.15) is 12.5 Å². The summed E-state index contributed by atoms with van der Waals surface area (Å²) in [6.45, 7) is 5.14. The van der Waals surface area contributed by atoms with Gasteiger partial charge in [-0.1, -0.05) is 40.7 Å². The molecule has 0 heterocycles. The number of hydrogen-bond acceptors (Lipinski definition) is 2. The van der Waals surface area contributed by atoms with Crippen molar-refractivity contribution in [1.29, 1.82) is 0 Å². The van der Waals surface area contributed by atoms with E-state index in [1.54, 1.807) is 13.0 Å². The summed E-state index contributed by atoms with van der Waals surface area (Å²) in [7, 11) is 0. The van der Waals surface area contributed by atoms with Crippen molar-refractivity contribution in [2.75, 3.05) is 0 Å². The molecule has 0 aliphatic heterocycles. The van der Waals surface area contributed by atoms with Gasteiger partial charge in [0.05, 0.1) is 0 Å². The van der Waals surface area contributed by atoms with E-state index in [1.165, 1.54) is 0 Å². The van der Waals surface area contributed by atoms with Gasteiger partial charge in [0.1, 0.15) is 5.75 Å². The molecule has 74 valence electrons. The third-order valence-corrected chi connectivity index (χ3v) is 2.27. The first kappa shape index (κ1) is 11.0. The molecular weight excluding hydrogens is 244 g/mol. The first-order chi connectivity index (χ1) is 6.65. The molecule has 0 atom stereocenters. The van der Waals surface area contributed by atoms with Gasteiger partial charge < -0.3 is 4.74 Å². The maximum atomic E-state index is 11.2. The lowest BCUT2D eigenvalue weighted by Crippen LogP contribution is -2.09. The molecule has 14 heavy (non-hydrogen) atoms. The quantitative estimate of drug-likeness (QED) is 0.359. The molecule has 1 aromatic rings. The Bertz CT molecular complexity index is 358. The van der Waals surface area contributed by atoms with Gasteiger partial charge in [0, 0.05) is 16.5 Å². The second kappa shape index (κ2) is 4.96. The molecule has 0 fully saturated rings.